The Bertz CT molecular complexity index is 528. The highest BCUT2D eigenvalue weighted by molar-refractivity contribution is 9.10. The highest BCUT2D eigenvalue weighted by atomic mass is 79.9. The van der Waals surface area contributed by atoms with Crippen LogP contribution in [0.3, 0.4) is 0 Å². The number of halogens is 2. The zero-order valence-electron chi connectivity index (χ0n) is 11.1. The number of hydrogen-bond donors (Lipinski definition) is 1. The molecule has 0 aliphatic carbocycles. The number of nitrogens with zero attached hydrogens (tertiary/aromatic N) is 2. The Morgan fingerprint density at radius 1 is 1.65 bits per heavy atom. The van der Waals surface area contributed by atoms with Gasteiger partial charge in [-0.2, -0.15) is 0 Å². The summed E-state index contributed by atoms with van der Waals surface area (Å²) in [4.78, 5) is 12.8. The lowest BCUT2D eigenvalue weighted by Crippen LogP contribution is -2.53. The van der Waals surface area contributed by atoms with E-state index in [1.54, 1.807) is 25.2 Å². The van der Waals surface area contributed by atoms with Crippen LogP contribution in [0.2, 0.25) is 0 Å². The summed E-state index contributed by atoms with van der Waals surface area (Å²) in [7, 11) is 1.77. The van der Waals surface area contributed by atoms with Crippen molar-refractivity contribution in [1.82, 2.24) is 4.90 Å². The lowest BCUT2D eigenvalue weighted by molar-refractivity contribution is -0.576. The highest BCUT2D eigenvalue weighted by Gasteiger charge is 2.56. The molecule has 1 heterocycles. The molecule has 0 radical (unpaired) electrons. The van der Waals surface area contributed by atoms with Crippen LogP contribution >= 0.6 is 15.9 Å². The van der Waals surface area contributed by atoms with E-state index in [0.717, 1.165) is 0 Å². The number of rotatable bonds is 4. The van der Waals surface area contributed by atoms with Gasteiger partial charge in [0.1, 0.15) is 12.4 Å². The lowest BCUT2D eigenvalue weighted by Gasteiger charge is -2.28. The molecule has 1 aliphatic rings. The first-order valence-corrected chi connectivity index (χ1v) is 7.10. The second kappa shape index (κ2) is 5.75. The van der Waals surface area contributed by atoms with Crippen LogP contribution in [0.1, 0.15) is 12.0 Å². The SMILES string of the molecule is CN1CCC(CO)([N+](=O)[O-])C1Cc1cccc(Br)c1F. The van der Waals surface area contributed by atoms with E-state index in [-0.39, 0.29) is 12.8 Å². The molecule has 0 amide bonds. The minimum atomic E-state index is -1.41. The molecule has 2 unspecified atom stereocenters. The Hall–Kier alpha value is -1.05. The molecule has 1 aliphatic heterocycles. The molecule has 20 heavy (non-hydrogen) atoms. The molecule has 7 heteroatoms. The van der Waals surface area contributed by atoms with Gasteiger partial charge in [0, 0.05) is 17.9 Å². The molecular formula is C13H16BrFN2O3. The molecule has 1 fully saturated rings. The van der Waals surface area contributed by atoms with Crippen LogP contribution in [0, 0.1) is 15.9 Å². The largest absolute Gasteiger partial charge is 0.389 e. The van der Waals surface area contributed by atoms with Crippen LogP contribution in [0.5, 0.6) is 0 Å². The van der Waals surface area contributed by atoms with Gasteiger partial charge in [0.15, 0.2) is 0 Å². The van der Waals surface area contributed by atoms with Crippen LogP contribution < -0.4 is 0 Å². The summed E-state index contributed by atoms with van der Waals surface area (Å²) >= 11 is 3.11. The third kappa shape index (κ3) is 2.45. The van der Waals surface area contributed by atoms with Crippen molar-refractivity contribution in [2.45, 2.75) is 24.4 Å². The number of benzene rings is 1. The van der Waals surface area contributed by atoms with E-state index in [1.165, 1.54) is 0 Å². The Kier molecular flexibility index (Phi) is 4.41. The van der Waals surface area contributed by atoms with Crippen LogP contribution in [0.25, 0.3) is 0 Å². The molecule has 110 valence electrons. The van der Waals surface area contributed by atoms with Gasteiger partial charge in [0.2, 0.25) is 0 Å². The summed E-state index contributed by atoms with van der Waals surface area (Å²) in [5.74, 6) is -0.400. The van der Waals surface area contributed by atoms with Crippen molar-refractivity contribution in [2.24, 2.45) is 0 Å². The number of aliphatic hydroxyl groups excluding tert-OH is 1. The third-order valence-corrected chi connectivity index (χ3v) is 4.74. The van der Waals surface area contributed by atoms with E-state index in [0.29, 0.717) is 16.6 Å². The van der Waals surface area contributed by atoms with Crippen molar-refractivity contribution in [1.29, 1.82) is 0 Å². The maximum absolute atomic E-state index is 14.0. The predicted molar refractivity (Wildman–Crippen MR) is 75.7 cm³/mol. The Labute approximate surface area is 124 Å². The molecule has 0 aromatic heterocycles. The minimum Gasteiger partial charge on any atom is -0.389 e. The zero-order chi connectivity index (χ0) is 14.9. The van der Waals surface area contributed by atoms with Crippen molar-refractivity contribution >= 4 is 15.9 Å². The second-order valence-electron chi connectivity index (χ2n) is 5.18. The van der Waals surface area contributed by atoms with Crippen molar-refractivity contribution in [2.75, 3.05) is 20.2 Å². The monoisotopic (exact) mass is 346 g/mol. The van der Waals surface area contributed by atoms with Crippen LogP contribution in [0.15, 0.2) is 22.7 Å². The first-order chi connectivity index (χ1) is 9.42. The molecule has 0 bridgehead atoms. The van der Waals surface area contributed by atoms with E-state index < -0.39 is 28.9 Å². The van der Waals surface area contributed by atoms with Gasteiger partial charge in [-0.05, 0) is 41.0 Å². The number of hydrogen-bond acceptors (Lipinski definition) is 4. The Balaban J connectivity index is 2.34. The smallest absolute Gasteiger partial charge is 0.261 e. The average Bonchev–Trinajstić information content (AvgIpc) is 2.73. The van der Waals surface area contributed by atoms with Crippen molar-refractivity contribution in [3.8, 4) is 0 Å². The maximum Gasteiger partial charge on any atom is 0.261 e. The van der Waals surface area contributed by atoms with Gasteiger partial charge >= 0.3 is 0 Å². The summed E-state index contributed by atoms with van der Waals surface area (Å²) < 4.78 is 14.4. The summed E-state index contributed by atoms with van der Waals surface area (Å²) in [5, 5.41) is 20.9. The number of aliphatic hydroxyl groups is 1. The van der Waals surface area contributed by atoms with Gasteiger partial charge in [-0.1, -0.05) is 12.1 Å². The molecule has 1 aromatic rings. The second-order valence-corrected chi connectivity index (χ2v) is 6.04. The van der Waals surface area contributed by atoms with Gasteiger partial charge in [-0.25, -0.2) is 4.39 Å². The first-order valence-electron chi connectivity index (χ1n) is 6.31. The number of nitro groups is 1. The van der Waals surface area contributed by atoms with Crippen molar-refractivity contribution in [3.05, 3.63) is 44.2 Å². The molecule has 0 spiro atoms. The summed E-state index contributed by atoms with van der Waals surface area (Å²) in [6, 6.07) is 4.38. The van der Waals surface area contributed by atoms with Gasteiger partial charge in [0.05, 0.1) is 10.5 Å². The quantitative estimate of drug-likeness (QED) is 0.667. The highest BCUT2D eigenvalue weighted by Crippen LogP contribution is 2.33. The third-order valence-electron chi connectivity index (χ3n) is 4.13. The molecule has 2 rings (SSSR count). The van der Waals surface area contributed by atoms with E-state index >= 15 is 0 Å². The van der Waals surface area contributed by atoms with Crippen LogP contribution in [-0.2, 0) is 6.42 Å². The van der Waals surface area contributed by atoms with Crippen molar-refractivity contribution < 1.29 is 14.4 Å². The van der Waals surface area contributed by atoms with E-state index in [9.17, 15) is 19.6 Å². The van der Waals surface area contributed by atoms with Gasteiger partial charge in [-0.15, -0.1) is 0 Å². The van der Waals surface area contributed by atoms with Gasteiger partial charge in [0.25, 0.3) is 5.54 Å². The van der Waals surface area contributed by atoms with Crippen LogP contribution in [0.4, 0.5) is 4.39 Å². The average molecular weight is 347 g/mol. The predicted octanol–water partition coefficient (Wildman–Crippen LogP) is 1.84. The van der Waals surface area contributed by atoms with Crippen molar-refractivity contribution in [3.63, 3.8) is 0 Å². The minimum absolute atomic E-state index is 0.198. The molecular weight excluding hydrogens is 331 g/mol. The van der Waals surface area contributed by atoms with E-state index in [2.05, 4.69) is 15.9 Å². The molecule has 2 atom stereocenters. The fraction of sp³-hybridized carbons (Fsp3) is 0.538. The number of likely N-dealkylation sites (tertiary alicyclic amines) is 1. The molecule has 1 N–H and O–H groups in total. The number of likely N-dealkylation sites (N-methyl/N-ethyl adjacent to an activating group) is 1. The molecule has 1 aromatic carbocycles. The summed E-state index contributed by atoms with van der Waals surface area (Å²) in [6.45, 7) is -0.0214. The van der Waals surface area contributed by atoms with Gasteiger partial charge < -0.3 is 5.11 Å². The molecule has 5 nitrogen and oxygen atoms in total. The summed E-state index contributed by atoms with van der Waals surface area (Å²) in [5.41, 5.74) is -0.999. The Morgan fingerprint density at radius 2 is 2.35 bits per heavy atom. The molecule has 0 saturated carbocycles. The summed E-state index contributed by atoms with van der Waals surface area (Å²) in [6.07, 6.45) is 0.469. The van der Waals surface area contributed by atoms with E-state index in [4.69, 9.17) is 0 Å². The Morgan fingerprint density at radius 3 is 2.95 bits per heavy atom. The lowest BCUT2D eigenvalue weighted by atomic mass is 9.87. The first kappa shape index (κ1) is 15.3. The zero-order valence-corrected chi connectivity index (χ0v) is 12.6. The maximum atomic E-state index is 14.0. The van der Waals surface area contributed by atoms with E-state index in [1.807, 2.05) is 4.90 Å². The topological polar surface area (TPSA) is 66.6 Å². The standard InChI is InChI=1S/C13H16BrFN2O3/c1-16-6-5-13(8-18,17(19)20)11(16)7-9-3-2-4-10(14)12(9)15/h2-4,11,18H,5-8H2,1H3. The molecule has 1 saturated heterocycles. The fourth-order valence-corrected chi connectivity index (χ4v) is 3.23. The normalized spacial score (nSPS) is 26.9. The van der Waals surface area contributed by atoms with Crippen LogP contribution in [-0.4, -0.2) is 46.7 Å². The van der Waals surface area contributed by atoms with Gasteiger partial charge in [-0.3, -0.25) is 15.0 Å². The fourth-order valence-electron chi connectivity index (χ4n) is 2.82.